The third-order valence-corrected chi connectivity index (χ3v) is 2.91. The zero-order valence-electron chi connectivity index (χ0n) is 9.12. The van der Waals surface area contributed by atoms with Crippen LogP contribution < -0.4 is 5.32 Å². The molecule has 1 amide bonds. The molecule has 2 atom stereocenters. The molecule has 82 valence electrons. The maximum absolute atomic E-state index is 11.3. The van der Waals surface area contributed by atoms with E-state index < -0.39 is 0 Å². The number of aliphatic hydroxyl groups excluding tert-OH is 1. The van der Waals surface area contributed by atoms with Gasteiger partial charge >= 0.3 is 0 Å². The van der Waals surface area contributed by atoms with E-state index in [2.05, 4.69) is 19.2 Å². The van der Waals surface area contributed by atoms with Crippen molar-refractivity contribution >= 4 is 5.91 Å². The number of carbonyl (C=O) groups excluding carboxylic acids is 1. The summed E-state index contributed by atoms with van der Waals surface area (Å²) in [5.74, 6) is 0.950. The van der Waals surface area contributed by atoms with E-state index in [1.54, 1.807) is 0 Å². The summed E-state index contributed by atoms with van der Waals surface area (Å²) in [6, 6.07) is 0. The first-order chi connectivity index (χ1) is 6.63. The SMILES string of the molecule is CCC(C)CC(=O)NCC(O)C1CC1. The minimum absolute atomic E-state index is 0.0686. The maximum atomic E-state index is 11.3. The summed E-state index contributed by atoms with van der Waals surface area (Å²) in [5.41, 5.74) is 0. The second-order valence-electron chi connectivity index (χ2n) is 4.43. The van der Waals surface area contributed by atoms with Crippen LogP contribution in [0.3, 0.4) is 0 Å². The van der Waals surface area contributed by atoms with Gasteiger partial charge in [-0.1, -0.05) is 20.3 Å². The molecule has 2 unspecified atom stereocenters. The molecule has 1 rings (SSSR count). The molecule has 0 heterocycles. The molecule has 0 aromatic carbocycles. The fourth-order valence-electron chi connectivity index (χ4n) is 1.40. The van der Waals surface area contributed by atoms with Crippen LogP contribution in [0.5, 0.6) is 0 Å². The van der Waals surface area contributed by atoms with Crippen molar-refractivity contribution in [2.75, 3.05) is 6.54 Å². The molecular weight excluding hydrogens is 178 g/mol. The average Bonchev–Trinajstić information content (AvgIpc) is 2.97. The van der Waals surface area contributed by atoms with E-state index in [-0.39, 0.29) is 12.0 Å². The van der Waals surface area contributed by atoms with Gasteiger partial charge in [0.2, 0.25) is 5.91 Å². The van der Waals surface area contributed by atoms with E-state index in [0.29, 0.717) is 24.8 Å². The Balaban J connectivity index is 2.07. The van der Waals surface area contributed by atoms with Gasteiger partial charge in [0.15, 0.2) is 0 Å². The Morgan fingerprint density at radius 3 is 2.71 bits per heavy atom. The van der Waals surface area contributed by atoms with Crippen LogP contribution in [-0.4, -0.2) is 23.7 Å². The molecule has 1 saturated carbocycles. The van der Waals surface area contributed by atoms with Crippen LogP contribution in [0.1, 0.15) is 39.5 Å². The molecular formula is C11H21NO2. The largest absolute Gasteiger partial charge is 0.391 e. The van der Waals surface area contributed by atoms with Crippen molar-refractivity contribution in [3.8, 4) is 0 Å². The van der Waals surface area contributed by atoms with Gasteiger partial charge in [-0.25, -0.2) is 0 Å². The topological polar surface area (TPSA) is 49.3 Å². The Hall–Kier alpha value is -0.570. The lowest BCUT2D eigenvalue weighted by Crippen LogP contribution is -2.33. The van der Waals surface area contributed by atoms with E-state index >= 15 is 0 Å². The smallest absolute Gasteiger partial charge is 0.220 e. The van der Waals surface area contributed by atoms with Gasteiger partial charge in [-0.05, 0) is 24.7 Å². The Morgan fingerprint density at radius 2 is 2.21 bits per heavy atom. The number of carbonyl (C=O) groups is 1. The Morgan fingerprint density at radius 1 is 1.57 bits per heavy atom. The standard InChI is InChI=1S/C11H21NO2/c1-3-8(2)6-11(14)12-7-10(13)9-4-5-9/h8-10,13H,3-7H2,1-2H3,(H,12,14). The minimum Gasteiger partial charge on any atom is -0.391 e. The van der Waals surface area contributed by atoms with Crippen molar-refractivity contribution in [2.24, 2.45) is 11.8 Å². The third kappa shape index (κ3) is 4.09. The van der Waals surface area contributed by atoms with Crippen LogP contribution in [0.15, 0.2) is 0 Å². The van der Waals surface area contributed by atoms with Gasteiger partial charge in [0.25, 0.3) is 0 Å². The van der Waals surface area contributed by atoms with Crippen LogP contribution in [0.2, 0.25) is 0 Å². The van der Waals surface area contributed by atoms with E-state index in [4.69, 9.17) is 0 Å². The number of hydrogen-bond donors (Lipinski definition) is 2. The van der Waals surface area contributed by atoms with E-state index in [1.807, 2.05) is 0 Å². The molecule has 3 nitrogen and oxygen atoms in total. The fraction of sp³-hybridized carbons (Fsp3) is 0.909. The number of aliphatic hydroxyl groups is 1. The van der Waals surface area contributed by atoms with Gasteiger partial charge in [-0.15, -0.1) is 0 Å². The predicted octanol–water partition coefficient (Wildman–Crippen LogP) is 1.31. The van der Waals surface area contributed by atoms with Crippen molar-refractivity contribution in [1.29, 1.82) is 0 Å². The highest BCUT2D eigenvalue weighted by atomic mass is 16.3. The second-order valence-corrected chi connectivity index (χ2v) is 4.43. The predicted molar refractivity (Wildman–Crippen MR) is 55.8 cm³/mol. The molecule has 0 radical (unpaired) electrons. The molecule has 1 aliphatic carbocycles. The lowest BCUT2D eigenvalue weighted by atomic mass is 10.1. The summed E-state index contributed by atoms with van der Waals surface area (Å²) >= 11 is 0. The number of amides is 1. The van der Waals surface area contributed by atoms with E-state index in [0.717, 1.165) is 19.3 Å². The highest BCUT2D eigenvalue weighted by Gasteiger charge is 2.29. The molecule has 1 aliphatic rings. The Labute approximate surface area is 85.9 Å². The number of nitrogens with one attached hydrogen (secondary N) is 1. The van der Waals surface area contributed by atoms with Gasteiger partial charge in [-0.2, -0.15) is 0 Å². The fourth-order valence-corrected chi connectivity index (χ4v) is 1.40. The molecule has 0 aliphatic heterocycles. The average molecular weight is 199 g/mol. The summed E-state index contributed by atoms with van der Waals surface area (Å²) in [6.07, 6.45) is 3.51. The monoisotopic (exact) mass is 199 g/mol. The van der Waals surface area contributed by atoms with Gasteiger partial charge < -0.3 is 10.4 Å². The first kappa shape index (κ1) is 11.5. The summed E-state index contributed by atoms with van der Waals surface area (Å²) in [4.78, 5) is 11.3. The van der Waals surface area contributed by atoms with Crippen LogP contribution >= 0.6 is 0 Å². The third-order valence-electron chi connectivity index (χ3n) is 2.91. The van der Waals surface area contributed by atoms with Crippen molar-refractivity contribution in [1.82, 2.24) is 5.32 Å². The quantitative estimate of drug-likeness (QED) is 0.677. The molecule has 0 saturated heterocycles. The van der Waals surface area contributed by atoms with Crippen molar-refractivity contribution in [3.63, 3.8) is 0 Å². The molecule has 0 bridgehead atoms. The van der Waals surface area contributed by atoms with Gasteiger partial charge in [0.1, 0.15) is 0 Å². The lowest BCUT2D eigenvalue weighted by Gasteiger charge is -2.12. The molecule has 14 heavy (non-hydrogen) atoms. The van der Waals surface area contributed by atoms with Gasteiger partial charge in [0.05, 0.1) is 6.10 Å². The van der Waals surface area contributed by atoms with Gasteiger partial charge in [0, 0.05) is 13.0 Å². The number of rotatable bonds is 6. The Bertz CT molecular complexity index is 190. The summed E-state index contributed by atoms with van der Waals surface area (Å²) < 4.78 is 0. The van der Waals surface area contributed by atoms with Crippen molar-refractivity contribution in [2.45, 2.75) is 45.6 Å². The molecule has 2 N–H and O–H groups in total. The highest BCUT2D eigenvalue weighted by Crippen LogP contribution is 2.32. The van der Waals surface area contributed by atoms with Crippen molar-refractivity contribution in [3.05, 3.63) is 0 Å². The van der Waals surface area contributed by atoms with Gasteiger partial charge in [-0.3, -0.25) is 4.79 Å². The van der Waals surface area contributed by atoms with Crippen LogP contribution in [-0.2, 0) is 4.79 Å². The zero-order chi connectivity index (χ0) is 10.6. The Kier molecular flexibility index (Phi) is 4.39. The lowest BCUT2D eigenvalue weighted by molar-refractivity contribution is -0.122. The van der Waals surface area contributed by atoms with E-state index in [9.17, 15) is 9.90 Å². The first-order valence-electron chi connectivity index (χ1n) is 5.58. The second kappa shape index (κ2) is 5.35. The van der Waals surface area contributed by atoms with E-state index in [1.165, 1.54) is 0 Å². The van der Waals surface area contributed by atoms with Crippen molar-refractivity contribution < 1.29 is 9.90 Å². The van der Waals surface area contributed by atoms with Crippen LogP contribution in [0, 0.1) is 11.8 Å². The minimum atomic E-state index is -0.323. The maximum Gasteiger partial charge on any atom is 0.220 e. The summed E-state index contributed by atoms with van der Waals surface area (Å²) in [6.45, 7) is 4.58. The summed E-state index contributed by atoms with van der Waals surface area (Å²) in [5, 5.41) is 12.3. The van der Waals surface area contributed by atoms with Crippen LogP contribution in [0.25, 0.3) is 0 Å². The molecule has 3 heteroatoms. The first-order valence-corrected chi connectivity index (χ1v) is 5.58. The molecule has 0 spiro atoms. The summed E-state index contributed by atoms with van der Waals surface area (Å²) in [7, 11) is 0. The van der Waals surface area contributed by atoms with Crippen LogP contribution in [0.4, 0.5) is 0 Å². The number of hydrogen-bond acceptors (Lipinski definition) is 2. The zero-order valence-corrected chi connectivity index (χ0v) is 9.12. The molecule has 0 aromatic rings. The normalized spacial score (nSPS) is 20.2. The highest BCUT2D eigenvalue weighted by molar-refractivity contribution is 5.76. The molecule has 1 fully saturated rings. The molecule has 0 aromatic heterocycles.